The van der Waals surface area contributed by atoms with Gasteiger partial charge in [-0.05, 0) is 49.4 Å². The molecule has 2 aromatic rings. The summed E-state index contributed by atoms with van der Waals surface area (Å²) >= 11 is 0. The van der Waals surface area contributed by atoms with Crippen LogP contribution < -0.4 is 14.4 Å². The third-order valence-corrected chi connectivity index (χ3v) is 5.32. The maximum Gasteiger partial charge on any atom is 0.416 e. The van der Waals surface area contributed by atoms with Crippen molar-refractivity contribution in [2.75, 3.05) is 29.0 Å². The van der Waals surface area contributed by atoms with Gasteiger partial charge in [-0.1, -0.05) is 0 Å². The molecule has 0 aliphatic heterocycles. The minimum Gasteiger partial charge on any atom is -0.484 e. The average Bonchev–Trinajstić information content (AvgIpc) is 2.65. The van der Waals surface area contributed by atoms with E-state index in [1.807, 2.05) is 5.32 Å². The van der Waals surface area contributed by atoms with Gasteiger partial charge in [0.25, 0.3) is 5.91 Å². The van der Waals surface area contributed by atoms with Crippen LogP contribution in [-0.4, -0.2) is 33.7 Å². The molecule has 1 amide bonds. The summed E-state index contributed by atoms with van der Waals surface area (Å²) in [5, 5.41) is 1.94. The van der Waals surface area contributed by atoms with Gasteiger partial charge in [0, 0.05) is 12.2 Å². The number of alkyl halides is 6. The van der Waals surface area contributed by atoms with Crippen LogP contribution in [0, 0.1) is 0 Å². The molecular weight excluding hydrogens is 466 g/mol. The number of nitrogens with zero attached hydrogens (tertiary/aromatic N) is 1. The van der Waals surface area contributed by atoms with Gasteiger partial charge >= 0.3 is 12.4 Å². The fourth-order valence-corrected chi connectivity index (χ4v) is 3.66. The molecule has 6 nitrogen and oxygen atoms in total. The largest absolute Gasteiger partial charge is 0.484 e. The first-order valence-electron chi connectivity index (χ1n) is 8.91. The highest BCUT2D eigenvalue weighted by Gasteiger charge is 2.37. The highest BCUT2D eigenvalue weighted by Crippen LogP contribution is 2.37. The van der Waals surface area contributed by atoms with Gasteiger partial charge in [-0.3, -0.25) is 9.10 Å². The van der Waals surface area contributed by atoms with E-state index >= 15 is 0 Å². The van der Waals surface area contributed by atoms with Gasteiger partial charge in [-0.25, -0.2) is 8.42 Å². The quantitative estimate of drug-likeness (QED) is 0.587. The molecule has 2 rings (SSSR count). The molecule has 0 aromatic heterocycles. The van der Waals surface area contributed by atoms with Crippen molar-refractivity contribution in [3.05, 3.63) is 53.6 Å². The van der Waals surface area contributed by atoms with Crippen molar-refractivity contribution in [2.24, 2.45) is 0 Å². The number of sulfonamides is 1. The van der Waals surface area contributed by atoms with Crippen molar-refractivity contribution in [2.45, 2.75) is 19.3 Å². The van der Waals surface area contributed by atoms with Crippen LogP contribution in [0.15, 0.2) is 42.5 Å². The maximum absolute atomic E-state index is 12.9. The summed E-state index contributed by atoms with van der Waals surface area (Å²) in [7, 11) is -3.50. The Morgan fingerprint density at radius 3 is 1.88 bits per heavy atom. The van der Waals surface area contributed by atoms with Gasteiger partial charge in [0.05, 0.1) is 23.1 Å². The lowest BCUT2D eigenvalue weighted by Gasteiger charge is -2.20. The first-order chi connectivity index (χ1) is 14.6. The first-order valence-corrected chi connectivity index (χ1v) is 10.8. The lowest BCUT2D eigenvalue weighted by atomic mass is 10.1. The molecule has 0 fully saturated rings. The standard InChI is InChI=1S/C19H18F6N2O4S/c1-3-27(32(2,29)30)15-4-6-16(7-5-15)31-11-17(28)26-14-9-12(18(20,21)22)8-13(10-14)19(23,24)25/h4-10H,3,11H2,1-2H3,(H,26,28). The molecule has 0 bridgehead atoms. The number of nitrogens with one attached hydrogen (secondary N) is 1. The molecule has 0 saturated carbocycles. The van der Waals surface area contributed by atoms with Crippen LogP contribution in [0.2, 0.25) is 0 Å². The van der Waals surface area contributed by atoms with E-state index in [1.165, 1.54) is 24.3 Å². The van der Waals surface area contributed by atoms with Crippen molar-refractivity contribution in [3.8, 4) is 5.75 Å². The Balaban J connectivity index is 2.10. The maximum atomic E-state index is 12.9. The molecule has 2 aromatic carbocycles. The molecule has 32 heavy (non-hydrogen) atoms. The average molecular weight is 484 g/mol. The van der Waals surface area contributed by atoms with E-state index in [4.69, 9.17) is 4.74 Å². The number of amides is 1. The molecule has 1 N–H and O–H groups in total. The molecule has 0 saturated heterocycles. The Hall–Kier alpha value is -2.96. The second-order valence-electron chi connectivity index (χ2n) is 6.55. The van der Waals surface area contributed by atoms with Crippen molar-refractivity contribution < 1.29 is 44.3 Å². The van der Waals surface area contributed by atoms with Crippen molar-refractivity contribution in [1.29, 1.82) is 0 Å². The third kappa shape index (κ3) is 6.77. The first kappa shape index (κ1) is 25.3. The zero-order valence-electron chi connectivity index (χ0n) is 16.7. The normalized spacial score (nSPS) is 12.4. The van der Waals surface area contributed by atoms with Crippen molar-refractivity contribution in [3.63, 3.8) is 0 Å². The lowest BCUT2D eigenvalue weighted by molar-refractivity contribution is -0.143. The minimum atomic E-state index is -5.04. The van der Waals surface area contributed by atoms with Crippen molar-refractivity contribution >= 4 is 27.3 Å². The SMILES string of the molecule is CCN(c1ccc(OCC(=O)Nc2cc(C(F)(F)F)cc(C(F)(F)F)c2)cc1)S(C)(=O)=O. The van der Waals surface area contributed by atoms with E-state index < -0.39 is 51.7 Å². The van der Waals surface area contributed by atoms with E-state index in [0.29, 0.717) is 17.8 Å². The van der Waals surface area contributed by atoms with Crippen LogP contribution in [0.25, 0.3) is 0 Å². The summed E-state index contributed by atoms with van der Waals surface area (Å²) in [4.78, 5) is 12.0. The van der Waals surface area contributed by atoms with E-state index in [2.05, 4.69) is 0 Å². The van der Waals surface area contributed by atoms with Gasteiger partial charge in [0.2, 0.25) is 10.0 Å². The smallest absolute Gasteiger partial charge is 0.416 e. The van der Waals surface area contributed by atoms with Crippen LogP contribution in [0.3, 0.4) is 0 Å². The molecular formula is C19H18F6N2O4S. The molecule has 0 unspecified atom stereocenters. The van der Waals surface area contributed by atoms with Crippen LogP contribution >= 0.6 is 0 Å². The van der Waals surface area contributed by atoms with Crippen molar-refractivity contribution in [1.82, 2.24) is 0 Å². The summed E-state index contributed by atoms with van der Waals surface area (Å²) in [6.45, 7) is 1.10. The molecule has 0 radical (unpaired) electrons. The van der Waals surface area contributed by atoms with Crippen LogP contribution in [0.1, 0.15) is 18.1 Å². The Bertz CT molecular complexity index is 1030. The summed E-state index contributed by atoms with van der Waals surface area (Å²) in [5.41, 5.74) is -3.48. The molecule has 13 heteroatoms. The van der Waals surface area contributed by atoms with E-state index in [-0.39, 0.29) is 18.4 Å². The van der Waals surface area contributed by atoms with Crippen LogP contribution in [0.5, 0.6) is 5.75 Å². The van der Waals surface area contributed by atoms with E-state index in [9.17, 15) is 39.6 Å². The number of ether oxygens (including phenoxy) is 1. The Labute approximate surface area is 179 Å². The Kier molecular flexibility index (Phi) is 7.33. The number of halogens is 6. The fourth-order valence-electron chi connectivity index (χ4n) is 2.69. The molecule has 0 aliphatic rings. The van der Waals surface area contributed by atoms with Gasteiger partial charge in [0.15, 0.2) is 6.61 Å². The zero-order chi connectivity index (χ0) is 24.3. The van der Waals surface area contributed by atoms with Gasteiger partial charge in [-0.2, -0.15) is 26.3 Å². The number of rotatable bonds is 7. The highest BCUT2D eigenvalue weighted by molar-refractivity contribution is 7.92. The predicted molar refractivity (Wildman–Crippen MR) is 105 cm³/mol. The van der Waals surface area contributed by atoms with Gasteiger partial charge in [0.1, 0.15) is 5.75 Å². The molecule has 176 valence electrons. The predicted octanol–water partition coefficient (Wildman–Crippen LogP) is 4.53. The topological polar surface area (TPSA) is 75.7 Å². The Morgan fingerprint density at radius 2 is 1.47 bits per heavy atom. The molecule has 0 heterocycles. The summed E-state index contributed by atoms with van der Waals surface area (Å²) in [5.74, 6) is -0.860. The lowest BCUT2D eigenvalue weighted by Crippen LogP contribution is -2.29. The van der Waals surface area contributed by atoms with Gasteiger partial charge in [-0.15, -0.1) is 0 Å². The highest BCUT2D eigenvalue weighted by atomic mass is 32.2. The number of carbonyl (C=O) groups is 1. The summed E-state index contributed by atoms with van der Waals surface area (Å²) in [6.07, 6.45) is -9.06. The molecule has 0 atom stereocenters. The molecule has 0 spiro atoms. The second-order valence-corrected chi connectivity index (χ2v) is 8.46. The second kappa shape index (κ2) is 9.27. The van der Waals surface area contributed by atoms with Crippen LogP contribution in [-0.2, 0) is 27.2 Å². The number of hydrogen-bond acceptors (Lipinski definition) is 4. The third-order valence-electron chi connectivity index (χ3n) is 4.05. The number of carbonyl (C=O) groups excluding carboxylic acids is 1. The van der Waals surface area contributed by atoms with E-state index in [1.54, 1.807) is 6.92 Å². The summed E-state index contributed by atoms with van der Waals surface area (Å²) < 4.78 is 107. The molecule has 0 aliphatic carbocycles. The Morgan fingerprint density at radius 1 is 0.969 bits per heavy atom. The number of anilines is 2. The number of benzene rings is 2. The minimum absolute atomic E-state index is 0.0518. The summed E-state index contributed by atoms with van der Waals surface area (Å²) in [6, 6.07) is 6.27. The van der Waals surface area contributed by atoms with Crippen LogP contribution in [0.4, 0.5) is 37.7 Å². The van der Waals surface area contributed by atoms with Gasteiger partial charge < -0.3 is 10.1 Å². The monoisotopic (exact) mass is 484 g/mol. The number of hydrogen-bond donors (Lipinski definition) is 1. The van der Waals surface area contributed by atoms with E-state index in [0.717, 1.165) is 10.6 Å². The fraction of sp³-hybridized carbons (Fsp3) is 0.316. The zero-order valence-corrected chi connectivity index (χ0v) is 17.5.